The van der Waals surface area contributed by atoms with Gasteiger partial charge in [-0.25, -0.2) is 4.98 Å². The Kier molecular flexibility index (Phi) is 4.12. The number of ether oxygens (including phenoxy) is 1. The molecule has 0 aliphatic heterocycles. The molecule has 1 N–H and O–H groups in total. The van der Waals surface area contributed by atoms with E-state index in [0.717, 1.165) is 10.9 Å². The number of carbonyl (C=O) groups is 1. The fourth-order valence-electron chi connectivity index (χ4n) is 2.52. The van der Waals surface area contributed by atoms with Gasteiger partial charge in [0.1, 0.15) is 16.3 Å². The molecule has 0 fully saturated rings. The summed E-state index contributed by atoms with van der Waals surface area (Å²) in [6.07, 6.45) is 0. The van der Waals surface area contributed by atoms with Crippen LogP contribution in [0.1, 0.15) is 13.8 Å². The van der Waals surface area contributed by atoms with Gasteiger partial charge in [-0.2, -0.15) is 0 Å². The summed E-state index contributed by atoms with van der Waals surface area (Å²) in [7, 11) is 1.35. The van der Waals surface area contributed by atoms with Crippen LogP contribution < -0.4 is 5.56 Å². The molecule has 2 aromatic heterocycles. The lowest BCUT2D eigenvalue weighted by atomic mass is 10.2. The van der Waals surface area contributed by atoms with Crippen molar-refractivity contribution in [1.82, 2.24) is 14.5 Å². The van der Waals surface area contributed by atoms with Gasteiger partial charge in [0.05, 0.1) is 7.11 Å². The van der Waals surface area contributed by atoms with E-state index in [2.05, 4.69) is 9.97 Å². The van der Waals surface area contributed by atoms with E-state index >= 15 is 0 Å². The Morgan fingerprint density at radius 1 is 1.43 bits per heavy atom. The number of rotatable bonds is 4. The van der Waals surface area contributed by atoms with Gasteiger partial charge in [0.2, 0.25) is 0 Å². The molecular formula is C16H17N3O3S. The first-order valence-electron chi connectivity index (χ1n) is 7.32. The minimum absolute atomic E-state index is 0.131. The largest absolute Gasteiger partial charge is 0.468 e. The van der Waals surface area contributed by atoms with E-state index in [1.54, 1.807) is 11.5 Å². The zero-order valence-electron chi connectivity index (χ0n) is 13.1. The molecule has 0 aliphatic carbocycles. The molecule has 0 bridgehead atoms. The van der Waals surface area contributed by atoms with Crippen LogP contribution in [-0.4, -0.2) is 32.9 Å². The molecule has 0 aliphatic rings. The van der Waals surface area contributed by atoms with Crippen LogP contribution in [-0.2, 0) is 16.1 Å². The highest BCUT2D eigenvalue weighted by atomic mass is 32.2. The van der Waals surface area contributed by atoms with E-state index in [-0.39, 0.29) is 11.5 Å². The molecule has 23 heavy (non-hydrogen) atoms. The SMILES string of the molecule is CCn1c(S[C@H](C)C(=O)OC)nc2c([nH]c3ccccc32)c1=O. The first-order valence-corrected chi connectivity index (χ1v) is 8.20. The molecule has 0 radical (unpaired) electrons. The number of carbonyl (C=O) groups excluding carboxylic acids is 1. The molecule has 0 saturated heterocycles. The van der Waals surface area contributed by atoms with Crippen molar-refractivity contribution in [2.45, 2.75) is 30.8 Å². The predicted octanol–water partition coefficient (Wildman–Crippen LogP) is 2.55. The van der Waals surface area contributed by atoms with Crippen molar-refractivity contribution >= 4 is 39.7 Å². The van der Waals surface area contributed by atoms with E-state index in [0.29, 0.717) is 22.7 Å². The highest BCUT2D eigenvalue weighted by Crippen LogP contribution is 2.26. The van der Waals surface area contributed by atoms with Crippen LogP contribution >= 0.6 is 11.8 Å². The van der Waals surface area contributed by atoms with E-state index < -0.39 is 5.25 Å². The normalized spacial score (nSPS) is 12.7. The van der Waals surface area contributed by atoms with Crippen molar-refractivity contribution in [2.24, 2.45) is 0 Å². The van der Waals surface area contributed by atoms with Crippen LogP contribution in [0.5, 0.6) is 0 Å². The Balaban J connectivity index is 2.22. The second-order valence-corrected chi connectivity index (χ2v) is 6.43. The lowest BCUT2D eigenvalue weighted by molar-refractivity contribution is -0.139. The van der Waals surface area contributed by atoms with Crippen molar-refractivity contribution in [3.8, 4) is 0 Å². The third kappa shape index (κ3) is 2.61. The molecular weight excluding hydrogens is 314 g/mol. The minimum atomic E-state index is -0.438. The maximum Gasteiger partial charge on any atom is 0.318 e. The Hall–Kier alpha value is -2.28. The second kappa shape index (κ2) is 6.08. The number of para-hydroxylation sites is 1. The number of nitrogens with one attached hydrogen (secondary N) is 1. The van der Waals surface area contributed by atoms with Crippen molar-refractivity contribution in [3.63, 3.8) is 0 Å². The number of esters is 1. The average molecular weight is 331 g/mol. The van der Waals surface area contributed by atoms with Gasteiger partial charge in [0.25, 0.3) is 5.56 Å². The predicted molar refractivity (Wildman–Crippen MR) is 90.9 cm³/mol. The number of hydrogen-bond acceptors (Lipinski definition) is 5. The van der Waals surface area contributed by atoms with E-state index in [9.17, 15) is 9.59 Å². The summed E-state index contributed by atoms with van der Waals surface area (Å²) in [5, 5.41) is 0.982. The lowest BCUT2D eigenvalue weighted by Gasteiger charge is -2.13. The Morgan fingerprint density at radius 2 is 2.17 bits per heavy atom. The molecule has 120 valence electrons. The Bertz CT molecular complexity index is 945. The number of hydrogen-bond donors (Lipinski definition) is 1. The van der Waals surface area contributed by atoms with Gasteiger partial charge in [-0.15, -0.1) is 0 Å². The molecule has 7 heteroatoms. The van der Waals surface area contributed by atoms with Crippen LogP contribution in [0, 0.1) is 0 Å². The zero-order valence-corrected chi connectivity index (χ0v) is 13.9. The molecule has 1 atom stereocenters. The summed E-state index contributed by atoms with van der Waals surface area (Å²) in [5.41, 5.74) is 1.86. The van der Waals surface area contributed by atoms with Gasteiger partial charge in [-0.05, 0) is 19.9 Å². The molecule has 1 aromatic carbocycles. The van der Waals surface area contributed by atoms with Crippen molar-refractivity contribution in [1.29, 1.82) is 0 Å². The van der Waals surface area contributed by atoms with Crippen molar-refractivity contribution < 1.29 is 9.53 Å². The summed E-state index contributed by atoms with van der Waals surface area (Å²) >= 11 is 1.23. The molecule has 0 saturated carbocycles. The van der Waals surface area contributed by atoms with Gasteiger partial charge in [-0.3, -0.25) is 14.2 Å². The molecule has 2 heterocycles. The third-order valence-electron chi connectivity index (χ3n) is 3.71. The summed E-state index contributed by atoms with van der Waals surface area (Å²) in [6.45, 7) is 4.10. The Labute approximate surface area is 136 Å². The first-order chi connectivity index (χ1) is 11.1. The van der Waals surface area contributed by atoms with Crippen LogP contribution in [0.3, 0.4) is 0 Å². The Morgan fingerprint density at radius 3 is 2.87 bits per heavy atom. The number of H-pyrrole nitrogens is 1. The van der Waals surface area contributed by atoms with Crippen molar-refractivity contribution in [3.05, 3.63) is 34.6 Å². The summed E-state index contributed by atoms with van der Waals surface area (Å²) < 4.78 is 6.32. The molecule has 0 spiro atoms. The number of methoxy groups -OCH3 is 1. The van der Waals surface area contributed by atoms with Gasteiger partial charge < -0.3 is 9.72 Å². The fraction of sp³-hybridized carbons (Fsp3) is 0.312. The topological polar surface area (TPSA) is 77.0 Å². The first kappa shape index (κ1) is 15.6. The average Bonchev–Trinajstić information content (AvgIpc) is 2.93. The summed E-state index contributed by atoms with van der Waals surface area (Å²) in [5.74, 6) is -0.342. The zero-order chi connectivity index (χ0) is 16.6. The van der Waals surface area contributed by atoms with Crippen LogP contribution in [0.15, 0.2) is 34.2 Å². The highest BCUT2D eigenvalue weighted by Gasteiger charge is 2.20. The standard InChI is InChI=1S/C16H17N3O3S/c1-4-19-14(20)13-12(10-7-5-6-8-11(10)17-13)18-16(19)23-9(2)15(21)22-3/h5-9,17H,4H2,1-3H3/t9-/m1/s1. The quantitative estimate of drug-likeness (QED) is 0.452. The summed E-state index contributed by atoms with van der Waals surface area (Å²) in [6, 6.07) is 7.66. The van der Waals surface area contributed by atoms with E-state index in [1.165, 1.54) is 18.9 Å². The van der Waals surface area contributed by atoms with Gasteiger partial charge in [0, 0.05) is 17.4 Å². The molecule has 0 amide bonds. The van der Waals surface area contributed by atoms with Gasteiger partial charge in [-0.1, -0.05) is 30.0 Å². The molecule has 3 rings (SSSR count). The van der Waals surface area contributed by atoms with Crippen LogP contribution in [0.2, 0.25) is 0 Å². The fourth-order valence-corrected chi connectivity index (χ4v) is 3.51. The molecule has 6 nitrogen and oxygen atoms in total. The number of aromatic amines is 1. The van der Waals surface area contributed by atoms with Crippen LogP contribution in [0.4, 0.5) is 0 Å². The maximum atomic E-state index is 12.7. The maximum absolute atomic E-state index is 12.7. The number of thioether (sulfide) groups is 1. The van der Waals surface area contributed by atoms with Gasteiger partial charge in [0.15, 0.2) is 5.16 Å². The number of benzene rings is 1. The second-order valence-electron chi connectivity index (χ2n) is 5.12. The molecule has 3 aromatic rings. The number of fused-ring (bicyclic) bond motifs is 3. The van der Waals surface area contributed by atoms with Crippen molar-refractivity contribution in [2.75, 3.05) is 7.11 Å². The van der Waals surface area contributed by atoms with E-state index in [1.807, 2.05) is 31.2 Å². The third-order valence-corrected chi connectivity index (χ3v) is 4.78. The van der Waals surface area contributed by atoms with E-state index in [4.69, 9.17) is 4.74 Å². The monoisotopic (exact) mass is 331 g/mol. The lowest BCUT2D eigenvalue weighted by Crippen LogP contribution is -2.24. The minimum Gasteiger partial charge on any atom is -0.468 e. The highest BCUT2D eigenvalue weighted by molar-refractivity contribution is 8.00. The molecule has 0 unspecified atom stereocenters. The number of nitrogens with zero attached hydrogens (tertiary/aromatic N) is 2. The van der Waals surface area contributed by atoms with Crippen LogP contribution in [0.25, 0.3) is 21.9 Å². The summed E-state index contributed by atoms with van der Waals surface area (Å²) in [4.78, 5) is 32.2. The smallest absolute Gasteiger partial charge is 0.318 e. The van der Waals surface area contributed by atoms with Gasteiger partial charge >= 0.3 is 5.97 Å². The number of aromatic nitrogens is 3.